The zero-order valence-electron chi connectivity index (χ0n) is 4.93. The maximum atomic E-state index is 3.55. The van der Waals surface area contributed by atoms with Crippen LogP contribution in [0.15, 0.2) is 0 Å². The average molecular weight is 109 g/mol. The lowest BCUT2D eigenvalue weighted by Gasteiger charge is -2.31. The molecule has 1 N–H and O–H groups in total. The molecule has 4 aliphatic rings. The molecule has 44 valence electrons. The van der Waals surface area contributed by atoms with Gasteiger partial charge in [0, 0.05) is 6.04 Å². The number of nitrogens with one attached hydrogen (secondary N) is 1. The Hall–Kier alpha value is -0.0400. The highest BCUT2D eigenvalue weighted by Crippen LogP contribution is 2.56. The summed E-state index contributed by atoms with van der Waals surface area (Å²) in [6.45, 7) is 1.35. The topological polar surface area (TPSA) is 12.0 Å². The van der Waals surface area contributed by atoms with E-state index in [9.17, 15) is 0 Å². The standard InChI is InChI=1S/C7H11N/c1-4-2-7-5(1)6(4)3-8-7/h4-8H,1-3H2. The molecule has 3 saturated carbocycles. The molecular formula is C7H11N. The summed E-state index contributed by atoms with van der Waals surface area (Å²) >= 11 is 0. The molecule has 0 aromatic carbocycles. The average Bonchev–Trinajstić information content (AvgIpc) is 2.25. The third-order valence-electron chi connectivity index (χ3n) is 3.42. The number of piperidine rings is 1. The highest BCUT2D eigenvalue weighted by molar-refractivity contribution is 5.10. The van der Waals surface area contributed by atoms with Crippen LogP contribution in [-0.2, 0) is 0 Å². The molecule has 0 radical (unpaired) electrons. The Balaban J connectivity index is 2.06. The molecule has 3 aliphatic carbocycles. The second-order valence-corrected chi connectivity index (χ2v) is 3.57. The third-order valence-corrected chi connectivity index (χ3v) is 3.42. The van der Waals surface area contributed by atoms with Crippen LogP contribution < -0.4 is 5.32 Å². The molecule has 4 bridgehead atoms. The molecular weight excluding hydrogens is 98.1 g/mol. The molecule has 1 aliphatic heterocycles. The SMILES string of the molecule is C1C2CC3C1NCC23. The van der Waals surface area contributed by atoms with Gasteiger partial charge in [0.15, 0.2) is 0 Å². The minimum atomic E-state index is 0.963. The summed E-state index contributed by atoms with van der Waals surface area (Å²) < 4.78 is 0. The highest BCUT2D eigenvalue weighted by Gasteiger charge is 2.56. The number of rotatable bonds is 0. The van der Waals surface area contributed by atoms with Crippen molar-refractivity contribution in [1.82, 2.24) is 5.32 Å². The van der Waals surface area contributed by atoms with Crippen molar-refractivity contribution in [3.05, 3.63) is 0 Å². The van der Waals surface area contributed by atoms with Gasteiger partial charge in [-0.15, -0.1) is 0 Å². The van der Waals surface area contributed by atoms with Gasteiger partial charge in [-0.2, -0.15) is 0 Å². The summed E-state index contributed by atoms with van der Waals surface area (Å²) in [6.07, 6.45) is 3.07. The quantitative estimate of drug-likeness (QED) is 0.480. The minimum absolute atomic E-state index is 0.963. The van der Waals surface area contributed by atoms with Gasteiger partial charge in [0.1, 0.15) is 0 Å². The second-order valence-electron chi connectivity index (χ2n) is 3.57. The first-order valence-electron chi connectivity index (χ1n) is 3.68. The minimum Gasteiger partial charge on any atom is -0.313 e. The van der Waals surface area contributed by atoms with Crippen LogP contribution in [0, 0.1) is 17.8 Å². The third kappa shape index (κ3) is 0.235. The summed E-state index contributed by atoms with van der Waals surface area (Å²) in [5.74, 6) is 3.41. The van der Waals surface area contributed by atoms with Crippen molar-refractivity contribution in [2.75, 3.05) is 6.54 Å². The molecule has 1 saturated heterocycles. The Morgan fingerprint density at radius 3 is 2.50 bits per heavy atom. The van der Waals surface area contributed by atoms with Gasteiger partial charge in [0.05, 0.1) is 0 Å². The van der Waals surface area contributed by atoms with E-state index in [0.717, 1.165) is 23.8 Å². The van der Waals surface area contributed by atoms with E-state index in [2.05, 4.69) is 5.32 Å². The summed E-state index contributed by atoms with van der Waals surface area (Å²) in [6, 6.07) is 0.963. The zero-order valence-corrected chi connectivity index (χ0v) is 4.93. The van der Waals surface area contributed by atoms with Gasteiger partial charge in [-0.25, -0.2) is 0 Å². The van der Waals surface area contributed by atoms with Crippen molar-refractivity contribution in [2.24, 2.45) is 17.8 Å². The molecule has 0 amide bonds. The van der Waals surface area contributed by atoms with Crippen molar-refractivity contribution in [2.45, 2.75) is 18.9 Å². The molecule has 0 aromatic heterocycles. The van der Waals surface area contributed by atoms with Crippen LogP contribution in [0.4, 0.5) is 0 Å². The van der Waals surface area contributed by atoms with Gasteiger partial charge in [-0.1, -0.05) is 0 Å². The van der Waals surface area contributed by atoms with E-state index in [1.807, 2.05) is 0 Å². The molecule has 4 rings (SSSR count). The number of hydrogen-bond donors (Lipinski definition) is 1. The predicted octanol–water partition coefficient (Wildman–Crippen LogP) is 0.614. The molecule has 1 heteroatoms. The molecule has 4 fully saturated rings. The first-order valence-corrected chi connectivity index (χ1v) is 3.68. The van der Waals surface area contributed by atoms with Crippen LogP contribution in [-0.4, -0.2) is 12.6 Å². The lowest BCUT2D eigenvalue weighted by atomic mass is 9.74. The lowest BCUT2D eigenvalue weighted by molar-refractivity contribution is 0.187. The van der Waals surface area contributed by atoms with Crippen molar-refractivity contribution in [3.63, 3.8) is 0 Å². The van der Waals surface area contributed by atoms with Crippen LogP contribution in [0.5, 0.6) is 0 Å². The van der Waals surface area contributed by atoms with Crippen LogP contribution in [0.2, 0.25) is 0 Å². The van der Waals surface area contributed by atoms with Crippen LogP contribution in [0.3, 0.4) is 0 Å². The fourth-order valence-corrected chi connectivity index (χ4v) is 2.93. The Morgan fingerprint density at radius 1 is 1.12 bits per heavy atom. The van der Waals surface area contributed by atoms with Crippen LogP contribution >= 0.6 is 0 Å². The normalized spacial score (nSPS) is 66.0. The molecule has 8 heavy (non-hydrogen) atoms. The first-order chi connectivity index (χ1) is 3.95. The molecule has 1 heterocycles. The van der Waals surface area contributed by atoms with E-state index < -0.39 is 0 Å². The summed E-state index contributed by atoms with van der Waals surface area (Å²) in [7, 11) is 0. The van der Waals surface area contributed by atoms with E-state index in [1.165, 1.54) is 13.0 Å². The Kier molecular flexibility index (Phi) is 0.472. The van der Waals surface area contributed by atoms with Crippen molar-refractivity contribution in [3.8, 4) is 0 Å². The first kappa shape index (κ1) is 3.89. The Bertz CT molecular complexity index is 122. The highest BCUT2D eigenvalue weighted by atomic mass is 15.0. The number of hydrogen-bond acceptors (Lipinski definition) is 1. The second kappa shape index (κ2) is 0.971. The van der Waals surface area contributed by atoms with E-state index >= 15 is 0 Å². The van der Waals surface area contributed by atoms with Crippen molar-refractivity contribution < 1.29 is 0 Å². The monoisotopic (exact) mass is 109 g/mol. The molecule has 4 unspecified atom stereocenters. The summed E-state index contributed by atoms with van der Waals surface area (Å²) in [5.41, 5.74) is 0. The predicted molar refractivity (Wildman–Crippen MR) is 31.5 cm³/mol. The maximum Gasteiger partial charge on any atom is 0.0101 e. The van der Waals surface area contributed by atoms with Crippen LogP contribution in [0.25, 0.3) is 0 Å². The fraction of sp³-hybridized carbons (Fsp3) is 1.00. The zero-order chi connectivity index (χ0) is 5.14. The van der Waals surface area contributed by atoms with E-state index in [4.69, 9.17) is 0 Å². The smallest absolute Gasteiger partial charge is 0.0101 e. The summed E-state index contributed by atoms with van der Waals surface area (Å²) in [4.78, 5) is 0. The lowest BCUT2D eigenvalue weighted by Crippen LogP contribution is -2.30. The van der Waals surface area contributed by atoms with Gasteiger partial charge in [-0.3, -0.25) is 0 Å². The van der Waals surface area contributed by atoms with Gasteiger partial charge >= 0.3 is 0 Å². The van der Waals surface area contributed by atoms with E-state index in [-0.39, 0.29) is 0 Å². The van der Waals surface area contributed by atoms with Crippen LogP contribution in [0.1, 0.15) is 12.8 Å². The molecule has 0 aromatic rings. The van der Waals surface area contributed by atoms with Gasteiger partial charge in [-0.05, 0) is 37.1 Å². The summed E-state index contributed by atoms with van der Waals surface area (Å²) in [5, 5.41) is 3.55. The molecule has 1 nitrogen and oxygen atoms in total. The maximum absolute atomic E-state index is 3.55. The Morgan fingerprint density at radius 2 is 2.12 bits per heavy atom. The van der Waals surface area contributed by atoms with Gasteiger partial charge in [0.2, 0.25) is 0 Å². The fourth-order valence-electron chi connectivity index (χ4n) is 2.93. The van der Waals surface area contributed by atoms with Crippen molar-refractivity contribution in [1.29, 1.82) is 0 Å². The van der Waals surface area contributed by atoms with Gasteiger partial charge < -0.3 is 5.32 Å². The molecule has 0 spiro atoms. The van der Waals surface area contributed by atoms with Crippen molar-refractivity contribution >= 4 is 0 Å². The van der Waals surface area contributed by atoms with E-state index in [1.54, 1.807) is 6.42 Å². The van der Waals surface area contributed by atoms with Gasteiger partial charge in [0.25, 0.3) is 0 Å². The molecule has 4 atom stereocenters. The largest absolute Gasteiger partial charge is 0.313 e. The Labute approximate surface area is 49.5 Å². The van der Waals surface area contributed by atoms with E-state index in [0.29, 0.717) is 0 Å².